The lowest BCUT2D eigenvalue weighted by atomic mass is 9.86. The summed E-state index contributed by atoms with van der Waals surface area (Å²) in [6.07, 6.45) is -1.67. The zero-order valence-corrected chi connectivity index (χ0v) is 20.3. The van der Waals surface area contributed by atoms with Crippen LogP contribution in [0.25, 0.3) is 0 Å². The van der Waals surface area contributed by atoms with E-state index in [4.69, 9.17) is 14.2 Å². The lowest BCUT2D eigenvalue weighted by molar-refractivity contribution is -0.289. The van der Waals surface area contributed by atoms with Crippen molar-refractivity contribution in [3.05, 3.63) is 78.4 Å². The van der Waals surface area contributed by atoms with Gasteiger partial charge in [-0.25, -0.2) is 0 Å². The van der Waals surface area contributed by atoms with E-state index in [-0.39, 0.29) is 25.0 Å². The highest BCUT2D eigenvalue weighted by Gasteiger charge is 2.46. The third-order valence-electron chi connectivity index (χ3n) is 6.65. The third kappa shape index (κ3) is 7.36. The maximum absolute atomic E-state index is 10.9. The minimum atomic E-state index is -1.33. The molecule has 7 atom stereocenters. The fraction of sp³-hybridized carbons (Fsp3) is 0.500. The number of allylic oxidation sites excluding steroid dienone is 1. The summed E-state index contributed by atoms with van der Waals surface area (Å²) >= 11 is 0. The second kappa shape index (κ2) is 13.7. The Morgan fingerprint density at radius 2 is 1.69 bits per heavy atom. The largest absolute Gasteiger partial charge is 0.462 e. The molecule has 2 aromatic rings. The summed E-state index contributed by atoms with van der Waals surface area (Å²) in [4.78, 5) is 0. The Balaban J connectivity index is 1.76. The van der Waals surface area contributed by atoms with Crippen LogP contribution in [0.15, 0.2) is 67.3 Å². The third-order valence-corrected chi connectivity index (χ3v) is 6.65. The van der Waals surface area contributed by atoms with Crippen LogP contribution in [0.1, 0.15) is 24.5 Å². The monoisotopic (exact) mass is 486 g/mol. The molecule has 0 aliphatic carbocycles. The summed E-state index contributed by atoms with van der Waals surface area (Å²) < 4.78 is 18.0. The molecule has 1 aliphatic rings. The van der Waals surface area contributed by atoms with Crippen molar-refractivity contribution in [3.63, 3.8) is 0 Å². The first-order chi connectivity index (χ1) is 17.0. The van der Waals surface area contributed by atoms with Crippen molar-refractivity contribution >= 4 is 0 Å². The van der Waals surface area contributed by atoms with Gasteiger partial charge in [0.05, 0.1) is 13.2 Å². The average Bonchev–Trinajstić information content (AvgIpc) is 2.88. The number of aliphatic hydroxyl groups excluding tert-OH is 4. The Morgan fingerprint density at radius 1 is 0.971 bits per heavy atom. The predicted octanol–water partition coefficient (Wildman–Crippen LogP) is 2.50. The summed E-state index contributed by atoms with van der Waals surface area (Å²) in [6, 6.07) is 17.4. The Labute approximate surface area is 207 Å². The molecule has 7 heteroatoms. The normalized spacial score (nSPS) is 26.1. The number of hydrogen-bond acceptors (Lipinski definition) is 7. The molecule has 0 aromatic heterocycles. The van der Waals surface area contributed by atoms with Gasteiger partial charge in [0.25, 0.3) is 0 Å². The first-order valence-corrected chi connectivity index (χ1v) is 12.3. The van der Waals surface area contributed by atoms with Crippen molar-refractivity contribution < 1.29 is 34.6 Å². The maximum Gasteiger partial charge on any atom is 0.229 e. The molecule has 1 heterocycles. The highest BCUT2D eigenvalue weighted by Crippen LogP contribution is 2.29. The molecule has 1 aliphatic heterocycles. The molecule has 1 fully saturated rings. The van der Waals surface area contributed by atoms with Crippen LogP contribution in [0, 0.1) is 11.8 Å². The Hall–Kier alpha value is -2.26. The highest BCUT2D eigenvalue weighted by molar-refractivity contribution is 5.28. The Morgan fingerprint density at radius 3 is 2.29 bits per heavy atom. The molecule has 3 rings (SSSR count). The van der Waals surface area contributed by atoms with Crippen LogP contribution < -0.4 is 4.74 Å². The van der Waals surface area contributed by atoms with E-state index in [1.807, 2.05) is 55.5 Å². The fourth-order valence-electron chi connectivity index (χ4n) is 4.46. The van der Waals surface area contributed by atoms with Crippen LogP contribution in [-0.4, -0.2) is 71.0 Å². The van der Waals surface area contributed by atoms with Crippen LogP contribution in [0.4, 0.5) is 0 Å². The lowest BCUT2D eigenvalue weighted by Gasteiger charge is -2.42. The zero-order chi connectivity index (χ0) is 25.2. The zero-order valence-electron chi connectivity index (χ0n) is 20.3. The molecule has 0 bridgehead atoms. The molecule has 0 spiro atoms. The van der Waals surface area contributed by atoms with Gasteiger partial charge in [-0.15, -0.1) is 6.58 Å². The molecule has 7 unspecified atom stereocenters. The molecule has 7 nitrogen and oxygen atoms in total. The molecule has 1 saturated heterocycles. The molecule has 4 N–H and O–H groups in total. The average molecular weight is 487 g/mol. The number of ether oxygens (including phenoxy) is 3. The summed E-state index contributed by atoms with van der Waals surface area (Å²) in [5, 5.41) is 40.9. The van der Waals surface area contributed by atoms with Crippen LogP contribution >= 0.6 is 0 Å². The van der Waals surface area contributed by atoms with Gasteiger partial charge in [0.1, 0.15) is 30.2 Å². The molecular formula is C28H38O7. The van der Waals surface area contributed by atoms with E-state index in [2.05, 4.69) is 6.58 Å². The van der Waals surface area contributed by atoms with Gasteiger partial charge >= 0.3 is 0 Å². The predicted molar refractivity (Wildman–Crippen MR) is 133 cm³/mol. The molecule has 0 saturated carbocycles. The lowest BCUT2D eigenvalue weighted by Crippen LogP contribution is -2.61. The van der Waals surface area contributed by atoms with Gasteiger partial charge in [-0.2, -0.15) is 0 Å². The summed E-state index contributed by atoms with van der Waals surface area (Å²) in [6.45, 7) is 5.55. The fourth-order valence-corrected chi connectivity index (χ4v) is 4.46. The Kier molecular flexibility index (Phi) is 10.7. The number of aliphatic hydroxyl groups is 4. The van der Waals surface area contributed by atoms with Crippen molar-refractivity contribution in [2.75, 3.05) is 19.8 Å². The van der Waals surface area contributed by atoms with Gasteiger partial charge in [-0.05, 0) is 47.9 Å². The summed E-state index contributed by atoms with van der Waals surface area (Å²) in [5.41, 5.74) is 2.20. The maximum atomic E-state index is 10.9. The van der Waals surface area contributed by atoms with Crippen LogP contribution in [0.2, 0.25) is 0 Å². The van der Waals surface area contributed by atoms with Crippen LogP contribution in [-0.2, 0) is 22.3 Å². The number of benzene rings is 2. The van der Waals surface area contributed by atoms with E-state index in [0.717, 1.165) is 24.0 Å². The van der Waals surface area contributed by atoms with Crippen LogP contribution in [0.5, 0.6) is 5.75 Å². The van der Waals surface area contributed by atoms with E-state index in [0.29, 0.717) is 12.2 Å². The topological polar surface area (TPSA) is 109 Å². The van der Waals surface area contributed by atoms with Gasteiger partial charge in [-0.1, -0.05) is 61.9 Å². The van der Waals surface area contributed by atoms with Gasteiger partial charge in [0.2, 0.25) is 6.29 Å². The van der Waals surface area contributed by atoms with Crippen LogP contribution in [0.3, 0.4) is 0 Å². The van der Waals surface area contributed by atoms with Gasteiger partial charge < -0.3 is 34.6 Å². The van der Waals surface area contributed by atoms with E-state index in [1.165, 1.54) is 0 Å². The van der Waals surface area contributed by atoms with Crippen molar-refractivity contribution in [2.24, 2.45) is 11.8 Å². The SMILES string of the molecule is C=CCc1ccc(OC2OC(CO)C(O)C(O)C2OCC(Cc2ccccc2)C(CC)CO)cc1. The standard InChI is InChI=1S/C28H38O7/c1-3-8-19-11-13-23(14-12-19)34-28-27(26(32)25(31)24(17-30)35-28)33-18-22(21(4-2)16-29)15-20-9-6-5-7-10-20/h3,5-7,9-14,21-22,24-32H,1,4,8,15-18H2,2H3. The summed E-state index contributed by atoms with van der Waals surface area (Å²) in [5.74, 6) is 0.495. The Bertz CT molecular complexity index is 869. The molecule has 0 amide bonds. The van der Waals surface area contributed by atoms with Crippen molar-refractivity contribution in [3.8, 4) is 5.75 Å². The van der Waals surface area contributed by atoms with E-state index >= 15 is 0 Å². The van der Waals surface area contributed by atoms with Crippen molar-refractivity contribution in [1.29, 1.82) is 0 Å². The quantitative estimate of drug-likeness (QED) is 0.322. The van der Waals surface area contributed by atoms with E-state index < -0.39 is 37.3 Å². The summed E-state index contributed by atoms with van der Waals surface area (Å²) in [7, 11) is 0. The molecule has 35 heavy (non-hydrogen) atoms. The second-order valence-corrected chi connectivity index (χ2v) is 9.06. The highest BCUT2D eigenvalue weighted by atomic mass is 16.7. The van der Waals surface area contributed by atoms with Gasteiger partial charge in [0, 0.05) is 6.61 Å². The molecule has 0 radical (unpaired) electrons. The number of rotatable bonds is 13. The molecule has 2 aromatic carbocycles. The smallest absolute Gasteiger partial charge is 0.229 e. The minimum Gasteiger partial charge on any atom is -0.462 e. The van der Waals surface area contributed by atoms with Gasteiger partial charge in [-0.3, -0.25) is 0 Å². The first kappa shape index (κ1) is 27.3. The first-order valence-electron chi connectivity index (χ1n) is 12.3. The van der Waals surface area contributed by atoms with Crippen molar-refractivity contribution in [2.45, 2.75) is 56.9 Å². The van der Waals surface area contributed by atoms with E-state index in [9.17, 15) is 20.4 Å². The molecular weight excluding hydrogens is 448 g/mol. The minimum absolute atomic E-state index is 0.00347. The second-order valence-electron chi connectivity index (χ2n) is 9.06. The van der Waals surface area contributed by atoms with Gasteiger partial charge in [0.15, 0.2) is 0 Å². The number of hydrogen-bond donors (Lipinski definition) is 4. The van der Waals surface area contributed by atoms with E-state index in [1.54, 1.807) is 12.1 Å². The van der Waals surface area contributed by atoms with Crippen molar-refractivity contribution in [1.82, 2.24) is 0 Å². The molecule has 192 valence electrons.